The van der Waals surface area contributed by atoms with Gasteiger partial charge in [-0.25, -0.2) is 4.79 Å². The Morgan fingerprint density at radius 2 is 1.97 bits per heavy atom. The number of carboxylic acid groups (broad SMARTS) is 1. The van der Waals surface area contributed by atoms with Gasteiger partial charge in [0.05, 0.1) is 12.7 Å². The summed E-state index contributed by atoms with van der Waals surface area (Å²) in [4.78, 5) is 23.7. The molecule has 0 spiro atoms. The second-order valence-electron chi connectivity index (χ2n) is 7.95. The van der Waals surface area contributed by atoms with Gasteiger partial charge >= 0.3 is 12.1 Å². The normalized spacial score (nSPS) is 26.8. The third-order valence-corrected chi connectivity index (χ3v) is 6.00. The summed E-state index contributed by atoms with van der Waals surface area (Å²) in [6.07, 6.45) is -0.860. The van der Waals surface area contributed by atoms with Crippen molar-refractivity contribution in [1.29, 1.82) is 0 Å². The van der Waals surface area contributed by atoms with Crippen LogP contribution < -0.4 is 5.32 Å². The lowest BCUT2D eigenvalue weighted by molar-refractivity contribution is -0.192. The number of fused-ring (bicyclic) bond motifs is 1. The molecule has 12 heteroatoms. The van der Waals surface area contributed by atoms with E-state index in [4.69, 9.17) is 19.4 Å². The van der Waals surface area contributed by atoms with Gasteiger partial charge in [-0.1, -0.05) is 0 Å². The number of carboxylic acids is 1. The molecule has 1 aromatic rings. The molecule has 174 valence electrons. The molecule has 3 atom stereocenters. The van der Waals surface area contributed by atoms with Crippen LogP contribution in [0.15, 0.2) is 12.3 Å². The zero-order valence-electron chi connectivity index (χ0n) is 17.2. The topological polar surface area (TPSA) is 106 Å². The van der Waals surface area contributed by atoms with Gasteiger partial charge < -0.3 is 19.9 Å². The van der Waals surface area contributed by atoms with E-state index in [2.05, 4.69) is 15.3 Å². The van der Waals surface area contributed by atoms with Crippen LogP contribution in [0.5, 0.6) is 0 Å². The van der Waals surface area contributed by atoms with Crippen molar-refractivity contribution < 1.29 is 37.3 Å². The Morgan fingerprint density at radius 1 is 1.29 bits per heavy atom. The highest BCUT2D eigenvalue weighted by atomic mass is 19.4. The van der Waals surface area contributed by atoms with Crippen molar-refractivity contribution in [3.05, 3.63) is 18.0 Å². The summed E-state index contributed by atoms with van der Waals surface area (Å²) >= 11 is 0. The average Bonchev–Trinajstić information content (AvgIpc) is 3.42. The maximum absolute atomic E-state index is 12.3. The largest absolute Gasteiger partial charge is 0.490 e. The van der Waals surface area contributed by atoms with Gasteiger partial charge in [0.1, 0.15) is 5.69 Å². The number of aliphatic carboxylic acids is 1. The summed E-state index contributed by atoms with van der Waals surface area (Å²) in [6.45, 7) is 5.29. The Hall–Kier alpha value is -2.18. The van der Waals surface area contributed by atoms with Gasteiger partial charge in [0.25, 0.3) is 5.91 Å². The minimum atomic E-state index is -5.08. The van der Waals surface area contributed by atoms with Crippen LogP contribution in [-0.4, -0.2) is 89.4 Å². The summed E-state index contributed by atoms with van der Waals surface area (Å²) < 4.78 is 44.8. The first-order chi connectivity index (χ1) is 14.7. The van der Waals surface area contributed by atoms with E-state index < -0.39 is 12.1 Å². The van der Waals surface area contributed by atoms with Gasteiger partial charge in [-0.05, 0) is 18.9 Å². The van der Waals surface area contributed by atoms with E-state index >= 15 is 0 Å². The quantitative estimate of drug-likeness (QED) is 0.705. The summed E-state index contributed by atoms with van der Waals surface area (Å²) in [5.74, 6) is -1.89. The number of nitrogens with zero attached hydrogens (tertiary/aromatic N) is 3. The number of nitrogens with one attached hydrogen (secondary N) is 1. The van der Waals surface area contributed by atoms with Gasteiger partial charge in [-0.15, -0.1) is 0 Å². The number of carbonyl (C=O) groups is 2. The molecule has 4 heterocycles. The number of ether oxygens (including phenoxy) is 2. The fraction of sp³-hybridized carbons (Fsp3) is 0.737. The SMILES string of the molecule is Cn1nccc1C(=O)NC[C@@H]1CO[C@@H]2CN(C3CCOCC3)C[C@H]12.O=C(O)C(F)(F)F. The zero-order valence-corrected chi connectivity index (χ0v) is 17.2. The highest BCUT2D eigenvalue weighted by molar-refractivity contribution is 5.92. The Kier molecular flexibility index (Phi) is 7.55. The predicted molar refractivity (Wildman–Crippen MR) is 101 cm³/mol. The van der Waals surface area contributed by atoms with Crippen LogP contribution in [0.2, 0.25) is 0 Å². The maximum Gasteiger partial charge on any atom is 0.490 e. The predicted octanol–water partition coefficient (Wildman–Crippen LogP) is 0.909. The first-order valence-electron chi connectivity index (χ1n) is 10.2. The van der Waals surface area contributed by atoms with Crippen LogP contribution in [-0.2, 0) is 21.3 Å². The highest BCUT2D eigenvalue weighted by Gasteiger charge is 2.45. The highest BCUT2D eigenvalue weighted by Crippen LogP contribution is 2.35. The average molecular weight is 448 g/mol. The number of hydrogen-bond acceptors (Lipinski definition) is 6. The molecule has 9 nitrogen and oxygen atoms in total. The van der Waals surface area contributed by atoms with Crippen molar-refractivity contribution in [2.24, 2.45) is 18.9 Å². The van der Waals surface area contributed by atoms with Crippen LogP contribution in [0, 0.1) is 11.8 Å². The van der Waals surface area contributed by atoms with Gasteiger partial charge in [-0.2, -0.15) is 18.3 Å². The molecule has 0 bridgehead atoms. The van der Waals surface area contributed by atoms with Crippen molar-refractivity contribution in [2.75, 3.05) is 39.5 Å². The molecule has 0 aromatic carbocycles. The lowest BCUT2D eigenvalue weighted by Gasteiger charge is -2.31. The number of amides is 1. The first-order valence-corrected chi connectivity index (χ1v) is 10.2. The molecular weight excluding hydrogens is 421 g/mol. The fourth-order valence-electron chi connectivity index (χ4n) is 4.30. The number of carbonyl (C=O) groups excluding carboxylic acids is 1. The minimum Gasteiger partial charge on any atom is -0.475 e. The van der Waals surface area contributed by atoms with Crippen molar-refractivity contribution in [1.82, 2.24) is 20.0 Å². The number of alkyl halides is 3. The first kappa shape index (κ1) is 23.5. The number of hydrogen-bond donors (Lipinski definition) is 2. The van der Waals surface area contributed by atoms with E-state index in [9.17, 15) is 18.0 Å². The molecule has 3 aliphatic rings. The molecule has 0 unspecified atom stereocenters. The van der Waals surface area contributed by atoms with Crippen LogP contribution in [0.1, 0.15) is 23.3 Å². The lowest BCUT2D eigenvalue weighted by atomic mass is 9.93. The summed E-state index contributed by atoms with van der Waals surface area (Å²) in [7, 11) is 1.78. The van der Waals surface area contributed by atoms with Gasteiger partial charge in [0, 0.05) is 64.0 Å². The van der Waals surface area contributed by atoms with Gasteiger partial charge in [0.2, 0.25) is 0 Å². The molecular formula is C19H27F3N4O5. The van der Waals surface area contributed by atoms with E-state index in [-0.39, 0.29) is 5.91 Å². The molecule has 1 aromatic heterocycles. The number of likely N-dealkylation sites (tertiary alicyclic amines) is 1. The molecule has 0 saturated carbocycles. The summed E-state index contributed by atoms with van der Waals surface area (Å²) in [5, 5.41) is 14.2. The molecule has 1 amide bonds. The van der Waals surface area contributed by atoms with Gasteiger partial charge in [0.15, 0.2) is 0 Å². The minimum absolute atomic E-state index is 0.0577. The van der Waals surface area contributed by atoms with Crippen LogP contribution in [0.4, 0.5) is 13.2 Å². The second-order valence-corrected chi connectivity index (χ2v) is 7.95. The van der Waals surface area contributed by atoms with Crippen molar-refractivity contribution in [3.63, 3.8) is 0 Å². The van der Waals surface area contributed by atoms with E-state index in [1.807, 2.05) is 0 Å². The number of rotatable bonds is 4. The molecule has 3 fully saturated rings. The fourth-order valence-corrected chi connectivity index (χ4v) is 4.30. The lowest BCUT2D eigenvalue weighted by Crippen LogP contribution is -2.40. The molecule has 4 rings (SSSR count). The molecule has 31 heavy (non-hydrogen) atoms. The number of aryl methyl sites for hydroxylation is 1. The molecule has 3 saturated heterocycles. The Bertz CT molecular complexity index is 766. The standard InChI is InChI=1S/C17H26N4O3.C2HF3O2/c1-20-15(2-5-19-20)17(22)18-8-12-11-24-16-10-21(9-14(12)16)13-3-6-23-7-4-13;3-2(4,5)1(6)7/h2,5,12-14,16H,3-4,6-11H2,1H3,(H,18,22);(H,6,7)/t12-,14-,16-;/m1./s1. The summed E-state index contributed by atoms with van der Waals surface area (Å²) in [6, 6.07) is 2.38. The Labute approximate surface area is 177 Å². The van der Waals surface area contributed by atoms with Crippen molar-refractivity contribution in [2.45, 2.75) is 31.2 Å². The Morgan fingerprint density at radius 3 is 2.55 bits per heavy atom. The number of halogens is 3. The summed E-state index contributed by atoms with van der Waals surface area (Å²) in [5.41, 5.74) is 0.598. The van der Waals surface area contributed by atoms with E-state index in [1.165, 1.54) is 0 Å². The molecule has 2 N–H and O–H groups in total. The Balaban J connectivity index is 0.000000339. The maximum atomic E-state index is 12.3. The molecule has 0 aliphatic carbocycles. The zero-order chi connectivity index (χ0) is 22.6. The smallest absolute Gasteiger partial charge is 0.475 e. The third kappa shape index (κ3) is 5.95. The monoisotopic (exact) mass is 448 g/mol. The van der Waals surface area contributed by atoms with Crippen LogP contribution >= 0.6 is 0 Å². The van der Waals surface area contributed by atoms with Crippen molar-refractivity contribution >= 4 is 11.9 Å². The molecule has 3 aliphatic heterocycles. The van der Waals surface area contributed by atoms with E-state index in [0.29, 0.717) is 36.2 Å². The second kappa shape index (κ2) is 9.96. The van der Waals surface area contributed by atoms with Crippen molar-refractivity contribution in [3.8, 4) is 0 Å². The van der Waals surface area contributed by atoms with Gasteiger partial charge in [-0.3, -0.25) is 14.4 Å². The number of aromatic nitrogens is 2. The third-order valence-electron chi connectivity index (χ3n) is 6.00. The van der Waals surface area contributed by atoms with E-state index in [1.54, 1.807) is 24.0 Å². The van der Waals surface area contributed by atoms with Crippen LogP contribution in [0.25, 0.3) is 0 Å². The van der Waals surface area contributed by atoms with Crippen LogP contribution in [0.3, 0.4) is 0 Å². The molecule has 0 radical (unpaired) electrons. The van der Waals surface area contributed by atoms with E-state index in [0.717, 1.165) is 45.8 Å².